The molecule has 0 saturated carbocycles. The lowest BCUT2D eigenvalue weighted by Gasteiger charge is -2.13. The molecule has 0 aromatic heterocycles. The number of alkyl halides is 3. The maximum Gasteiger partial charge on any atom is 0.452 e. The Kier molecular flexibility index (Phi) is 4.07. The van der Waals surface area contributed by atoms with Gasteiger partial charge in [-0.05, 0) is 0 Å². The van der Waals surface area contributed by atoms with Gasteiger partial charge in [-0.3, -0.25) is 4.57 Å². The molecular weight excluding hydrogens is 255 g/mol. The molecule has 0 spiro atoms. The molecule has 13 heavy (non-hydrogen) atoms. The lowest BCUT2D eigenvalue weighted by atomic mass is 11.6. The lowest BCUT2D eigenvalue weighted by molar-refractivity contribution is -0.0316. The largest absolute Gasteiger partial charge is 0.452 e. The van der Waals surface area contributed by atoms with Gasteiger partial charge in [0.1, 0.15) is 0 Å². The van der Waals surface area contributed by atoms with E-state index in [9.17, 15) is 22.3 Å². The van der Waals surface area contributed by atoms with Crippen LogP contribution in [-0.4, -0.2) is 22.0 Å². The summed E-state index contributed by atoms with van der Waals surface area (Å²) in [5, 5.41) is 0. The fraction of sp³-hybridized carbons (Fsp3) is 1.00. The van der Waals surface area contributed by atoms with Crippen LogP contribution in [0.25, 0.3) is 0 Å². The topological polar surface area (TPSA) is 83.8 Å². The van der Waals surface area contributed by atoms with Crippen LogP contribution in [0.5, 0.6) is 0 Å². The van der Waals surface area contributed by atoms with Crippen molar-refractivity contribution in [3.63, 3.8) is 0 Å². The zero-order chi connectivity index (χ0) is 10.9. The molecule has 0 amide bonds. The van der Waals surface area contributed by atoms with Crippen LogP contribution >= 0.6 is 25.8 Å². The molecule has 0 aliphatic rings. The first-order valence-electron chi connectivity index (χ1n) is 2.53. The van der Waals surface area contributed by atoms with Crippen molar-refractivity contribution >= 4 is 25.8 Å². The van der Waals surface area contributed by atoms with Gasteiger partial charge < -0.3 is 9.79 Å². The van der Waals surface area contributed by atoms with E-state index in [0.717, 1.165) is 0 Å². The zero-order valence-electron chi connectivity index (χ0n) is 6.06. The fourth-order valence-electron chi connectivity index (χ4n) is 0.339. The summed E-state index contributed by atoms with van der Waals surface area (Å²) in [5.74, 6) is 0. The minimum absolute atomic E-state index is 0.507. The molecule has 0 heterocycles. The normalized spacial score (nSPS) is 22.0. The molecule has 0 aliphatic carbocycles. The van der Waals surface area contributed by atoms with E-state index in [-0.39, 0.29) is 0 Å². The number of hydrogen-bond acceptors (Lipinski definition) is 4. The van der Waals surface area contributed by atoms with E-state index in [4.69, 9.17) is 9.79 Å². The maximum absolute atomic E-state index is 11.5. The predicted octanol–water partition coefficient (Wildman–Crippen LogP) is 2.17. The van der Waals surface area contributed by atoms with Crippen molar-refractivity contribution in [2.45, 2.75) is 5.51 Å². The van der Waals surface area contributed by atoms with E-state index in [0.29, 0.717) is 6.66 Å². The van der Waals surface area contributed by atoms with Crippen LogP contribution in [0.15, 0.2) is 0 Å². The lowest BCUT2D eigenvalue weighted by Crippen LogP contribution is -2.00. The molecule has 2 atom stereocenters. The minimum atomic E-state index is -5.16. The summed E-state index contributed by atoms with van der Waals surface area (Å²) in [4.78, 5) is 16.8. The first-order chi connectivity index (χ1) is 5.41. The van der Waals surface area contributed by atoms with Gasteiger partial charge in [0.05, 0.1) is 11.4 Å². The standard InChI is InChI=1S/C2H5F3O5P2S/c1-11(6,7)10-12(8,9)13-2(3,4)5/h1H3,(H,6,7)(H,8,9). The van der Waals surface area contributed by atoms with E-state index in [2.05, 4.69) is 4.31 Å². The van der Waals surface area contributed by atoms with Crippen LogP contribution < -0.4 is 0 Å². The molecule has 0 aliphatic heterocycles. The van der Waals surface area contributed by atoms with Crippen molar-refractivity contribution in [3.8, 4) is 0 Å². The van der Waals surface area contributed by atoms with Gasteiger partial charge in [0.25, 0.3) is 0 Å². The Morgan fingerprint density at radius 3 is 1.92 bits per heavy atom. The molecule has 2 unspecified atom stereocenters. The number of halogens is 3. The van der Waals surface area contributed by atoms with Gasteiger partial charge in [0, 0.05) is 6.66 Å². The second kappa shape index (κ2) is 3.92. The molecule has 80 valence electrons. The fourth-order valence-corrected chi connectivity index (χ4v) is 4.46. The third kappa shape index (κ3) is 8.80. The molecule has 11 heteroatoms. The summed E-state index contributed by atoms with van der Waals surface area (Å²) in [6, 6.07) is 0. The zero-order valence-corrected chi connectivity index (χ0v) is 8.66. The Morgan fingerprint density at radius 1 is 1.31 bits per heavy atom. The average Bonchev–Trinajstić information content (AvgIpc) is 1.43. The summed E-state index contributed by atoms with van der Waals surface area (Å²) in [5.41, 5.74) is -5.00. The van der Waals surface area contributed by atoms with E-state index in [1.807, 2.05) is 0 Å². The van der Waals surface area contributed by atoms with E-state index in [1.165, 1.54) is 0 Å². The number of rotatable bonds is 3. The maximum atomic E-state index is 11.5. The second-order valence-electron chi connectivity index (χ2n) is 1.89. The van der Waals surface area contributed by atoms with E-state index in [1.54, 1.807) is 0 Å². The molecule has 0 aromatic rings. The van der Waals surface area contributed by atoms with Gasteiger partial charge in [-0.25, -0.2) is 8.88 Å². The van der Waals surface area contributed by atoms with Gasteiger partial charge in [-0.1, -0.05) is 0 Å². The molecule has 0 fully saturated rings. The van der Waals surface area contributed by atoms with Crippen LogP contribution in [0.2, 0.25) is 0 Å². The summed E-state index contributed by atoms with van der Waals surface area (Å²) >= 11 is -1.36. The number of hydrogen-bond donors (Lipinski definition) is 2. The minimum Gasteiger partial charge on any atom is -0.324 e. The molecule has 0 bridgehead atoms. The Bertz CT molecular complexity index is 269. The highest BCUT2D eigenvalue weighted by atomic mass is 32.7. The highest BCUT2D eigenvalue weighted by Crippen LogP contribution is 2.69. The Hall–Kier alpha value is 0.480. The monoisotopic (exact) mass is 260 g/mol. The van der Waals surface area contributed by atoms with Gasteiger partial charge in [-0.2, -0.15) is 13.2 Å². The van der Waals surface area contributed by atoms with Crippen LogP contribution in [0.4, 0.5) is 13.2 Å². The van der Waals surface area contributed by atoms with Gasteiger partial charge in [0.2, 0.25) is 0 Å². The second-order valence-corrected chi connectivity index (χ2v) is 7.66. The van der Waals surface area contributed by atoms with Gasteiger partial charge >= 0.3 is 19.9 Å². The van der Waals surface area contributed by atoms with Gasteiger partial charge in [0.15, 0.2) is 0 Å². The highest BCUT2D eigenvalue weighted by Gasteiger charge is 2.43. The van der Waals surface area contributed by atoms with E-state index < -0.39 is 31.3 Å². The van der Waals surface area contributed by atoms with Crippen molar-refractivity contribution in [2.24, 2.45) is 0 Å². The van der Waals surface area contributed by atoms with Crippen LogP contribution in [0.3, 0.4) is 0 Å². The average molecular weight is 260 g/mol. The third-order valence-electron chi connectivity index (χ3n) is 0.474. The summed E-state index contributed by atoms with van der Waals surface area (Å²) < 4.78 is 58.8. The summed E-state index contributed by atoms with van der Waals surface area (Å²) in [7, 11) is -4.41. The highest BCUT2D eigenvalue weighted by molar-refractivity contribution is 8.55. The van der Waals surface area contributed by atoms with Crippen molar-refractivity contribution in [3.05, 3.63) is 0 Å². The first kappa shape index (κ1) is 13.5. The molecule has 5 nitrogen and oxygen atoms in total. The summed E-state index contributed by atoms with van der Waals surface area (Å²) in [6.45, 7) is -4.65. The van der Waals surface area contributed by atoms with Crippen molar-refractivity contribution < 1.29 is 36.4 Å². The van der Waals surface area contributed by atoms with Crippen LogP contribution in [-0.2, 0) is 13.4 Å². The van der Waals surface area contributed by atoms with Crippen molar-refractivity contribution in [1.29, 1.82) is 0 Å². The van der Waals surface area contributed by atoms with Gasteiger partial charge in [-0.15, -0.1) is 0 Å². The summed E-state index contributed by atoms with van der Waals surface area (Å²) in [6.07, 6.45) is 0. The van der Waals surface area contributed by atoms with Crippen molar-refractivity contribution in [2.75, 3.05) is 6.66 Å². The molecule has 0 aromatic carbocycles. The smallest absolute Gasteiger partial charge is 0.324 e. The Labute approximate surface area is 75.1 Å². The Morgan fingerprint density at radius 2 is 1.69 bits per heavy atom. The van der Waals surface area contributed by atoms with E-state index >= 15 is 0 Å². The molecule has 0 rings (SSSR count). The van der Waals surface area contributed by atoms with Crippen molar-refractivity contribution in [1.82, 2.24) is 0 Å². The van der Waals surface area contributed by atoms with Crippen LogP contribution in [0, 0.1) is 0 Å². The quantitative estimate of drug-likeness (QED) is 0.756. The first-order valence-corrected chi connectivity index (χ1v) is 7.56. The molecule has 0 saturated heterocycles. The molecular formula is C2H5F3O5P2S. The SMILES string of the molecule is CP(=O)(O)OP(=O)(O)SC(F)(F)F. The Balaban J connectivity index is 4.44. The molecule has 2 N–H and O–H groups in total. The molecule has 0 radical (unpaired) electrons. The third-order valence-corrected chi connectivity index (χ3v) is 4.86. The van der Waals surface area contributed by atoms with Crippen LogP contribution in [0.1, 0.15) is 0 Å². The predicted molar refractivity (Wildman–Crippen MR) is 40.3 cm³/mol.